The number of fused-ring (bicyclic) bond motifs is 1. The molecule has 114 valence electrons. The van der Waals surface area contributed by atoms with Crippen LogP contribution in [0.25, 0.3) is 11.0 Å². The third kappa shape index (κ3) is 4.27. The second-order valence-electron chi connectivity index (χ2n) is 5.56. The molecule has 21 heavy (non-hydrogen) atoms. The van der Waals surface area contributed by atoms with Crippen molar-refractivity contribution in [1.29, 1.82) is 0 Å². The van der Waals surface area contributed by atoms with Gasteiger partial charge in [-0.1, -0.05) is 12.1 Å². The summed E-state index contributed by atoms with van der Waals surface area (Å²) in [6.45, 7) is 3.87. The molecule has 0 amide bonds. The van der Waals surface area contributed by atoms with Crippen molar-refractivity contribution in [2.45, 2.75) is 19.4 Å². The molecule has 0 aliphatic heterocycles. The highest BCUT2D eigenvalue weighted by Gasteiger charge is 2.22. The zero-order valence-corrected chi connectivity index (χ0v) is 13.0. The van der Waals surface area contributed by atoms with Crippen molar-refractivity contribution < 1.29 is 8.42 Å². The van der Waals surface area contributed by atoms with Crippen LogP contribution in [0, 0.1) is 0 Å². The molecular formula is C13H19N5O2S. The Morgan fingerprint density at radius 2 is 1.76 bits per heavy atom. The molecule has 1 heterocycles. The van der Waals surface area contributed by atoms with Gasteiger partial charge >= 0.3 is 0 Å². The monoisotopic (exact) mass is 309 g/mol. The number of para-hydroxylation sites is 2. The van der Waals surface area contributed by atoms with Crippen LogP contribution >= 0.6 is 0 Å². The lowest BCUT2D eigenvalue weighted by Crippen LogP contribution is -2.47. The van der Waals surface area contributed by atoms with Crippen molar-refractivity contribution in [3.05, 3.63) is 24.3 Å². The highest BCUT2D eigenvalue weighted by atomic mass is 32.2. The number of nitrogens with zero attached hydrogens (tertiary/aromatic N) is 2. The lowest BCUT2D eigenvalue weighted by Gasteiger charge is -2.25. The maximum absolute atomic E-state index is 11.3. The van der Waals surface area contributed by atoms with Gasteiger partial charge in [0.2, 0.25) is 10.0 Å². The minimum absolute atomic E-state index is 0.281. The summed E-state index contributed by atoms with van der Waals surface area (Å²) in [6.07, 6.45) is 1.12. The molecule has 0 bridgehead atoms. The van der Waals surface area contributed by atoms with Crippen molar-refractivity contribution in [3.63, 3.8) is 0 Å². The average Bonchev–Trinajstić information content (AvgIpc) is 2.33. The van der Waals surface area contributed by atoms with Crippen LogP contribution in [-0.2, 0) is 10.0 Å². The zero-order chi connectivity index (χ0) is 15.7. The number of hydrogen-bond donors (Lipinski definition) is 3. The van der Waals surface area contributed by atoms with Crippen LogP contribution in [0.3, 0.4) is 0 Å². The van der Waals surface area contributed by atoms with Crippen LogP contribution in [0.5, 0.6) is 0 Å². The number of anilines is 2. The Bertz CT molecular complexity index is 758. The van der Waals surface area contributed by atoms with E-state index in [2.05, 4.69) is 20.0 Å². The van der Waals surface area contributed by atoms with E-state index in [0.717, 1.165) is 11.8 Å². The summed E-state index contributed by atoms with van der Waals surface area (Å²) in [7, 11) is -3.29. The SMILES string of the molecule is CC(C)(CNc1nc2ccccc2nc1N)NS(C)(=O)=O. The van der Waals surface area contributed by atoms with E-state index in [0.29, 0.717) is 17.9 Å². The molecule has 2 rings (SSSR count). The second kappa shape index (κ2) is 5.45. The topological polar surface area (TPSA) is 110 Å². The molecule has 0 aliphatic rings. The molecule has 1 aromatic heterocycles. The maximum atomic E-state index is 11.3. The number of aromatic nitrogens is 2. The predicted molar refractivity (Wildman–Crippen MR) is 84.5 cm³/mol. The summed E-state index contributed by atoms with van der Waals surface area (Å²) in [5, 5.41) is 3.04. The molecule has 0 fully saturated rings. The summed E-state index contributed by atoms with van der Waals surface area (Å²) in [5.74, 6) is 0.723. The number of rotatable bonds is 5. The van der Waals surface area contributed by atoms with E-state index in [1.165, 1.54) is 0 Å². The first-order chi connectivity index (χ1) is 9.66. The predicted octanol–water partition coefficient (Wildman–Crippen LogP) is 0.952. The Hall–Kier alpha value is -1.93. The molecule has 1 aromatic carbocycles. The Kier molecular flexibility index (Phi) is 4.02. The molecule has 0 spiro atoms. The van der Waals surface area contributed by atoms with Crippen molar-refractivity contribution in [3.8, 4) is 0 Å². The largest absolute Gasteiger partial charge is 0.381 e. The van der Waals surface area contributed by atoms with E-state index in [4.69, 9.17) is 5.73 Å². The molecule has 4 N–H and O–H groups in total. The smallest absolute Gasteiger partial charge is 0.209 e. The first-order valence-electron chi connectivity index (χ1n) is 6.41. The van der Waals surface area contributed by atoms with E-state index in [-0.39, 0.29) is 5.82 Å². The standard InChI is InChI=1S/C13H19N5O2S/c1-13(2,18-21(3,19)20)8-15-12-11(14)16-9-6-4-5-7-10(9)17-12/h4-7,18H,8H2,1-3H3,(H2,14,16)(H,15,17). The summed E-state index contributed by atoms with van der Waals surface area (Å²) >= 11 is 0. The van der Waals surface area contributed by atoms with Gasteiger partial charge in [0.05, 0.1) is 17.3 Å². The fraction of sp³-hybridized carbons (Fsp3) is 0.385. The fourth-order valence-electron chi connectivity index (χ4n) is 1.99. The molecule has 0 saturated heterocycles. The first kappa shape index (κ1) is 15.5. The number of sulfonamides is 1. The van der Waals surface area contributed by atoms with Crippen molar-refractivity contribution >= 4 is 32.7 Å². The second-order valence-corrected chi connectivity index (χ2v) is 7.31. The molecule has 2 aromatic rings. The van der Waals surface area contributed by atoms with Crippen molar-refractivity contribution in [1.82, 2.24) is 14.7 Å². The molecule has 0 atom stereocenters. The van der Waals surface area contributed by atoms with E-state index >= 15 is 0 Å². The van der Waals surface area contributed by atoms with Gasteiger partial charge in [0.15, 0.2) is 11.6 Å². The normalized spacial score (nSPS) is 12.5. The Labute approximate surface area is 124 Å². The fourth-order valence-corrected chi connectivity index (χ4v) is 3.06. The Balaban J connectivity index is 2.18. The first-order valence-corrected chi connectivity index (χ1v) is 8.30. The number of nitrogens with one attached hydrogen (secondary N) is 2. The van der Waals surface area contributed by atoms with Gasteiger partial charge in [-0.2, -0.15) is 0 Å². The van der Waals surface area contributed by atoms with Crippen molar-refractivity contribution in [2.75, 3.05) is 23.9 Å². The van der Waals surface area contributed by atoms with E-state index in [1.807, 2.05) is 24.3 Å². The summed E-state index contributed by atoms with van der Waals surface area (Å²) in [5.41, 5.74) is 6.64. The summed E-state index contributed by atoms with van der Waals surface area (Å²) < 4.78 is 25.2. The third-order valence-electron chi connectivity index (χ3n) is 2.76. The van der Waals surface area contributed by atoms with Gasteiger partial charge in [-0.15, -0.1) is 0 Å². The minimum atomic E-state index is -3.29. The van der Waals surface area contributed by atoms with Crippen molar-refractivity contribution in [2.24, 2.45) is 0 Å². The van der Waals surface area contributed by atoms with Crippen LogP contribution in [0.4, 0.5) is 11.6 Å². The quantitative estimate of drug-likeness (QED) is 0.758. The van der Waals surface area contributed by atoms with Gasteiger partial charge in [0.1, 0.15) is 0 Å². The minimum Gasteiger partial charge on any atom is -0.381 e. The maximum Gasteiger partial charge on any atom is 0.209 e. The number of benzene rings is 1. The van der Waals surface area contributed by atoms with E-state index in [1.54, 1.807) is 13.8 Å². The van der Waals surface area contributed by atoms with Gasteiger partial charge in [0.25, 0.3) is 0 Å². The van der Waals surface area contributed by atoms with Crippen LogP contribution in [0.2, 0.25) is 0 Å². The summed E-state index contributed by atoms with van der Waals surface area (Å²) in [6, 6.07) is 7.40. The van der Waals surface area contributed by atoms with Crippen LogP contribution in [-0.4, -0.2) is 36.7 Å². The lowest BCUT2D eigenvalue weighted by molar-refractivity contribution is 0.476. The van der Waals surface area contributed by atoms with Gasteiger partial charge in [-0.3, -0.25) is 0 Å². The van der Waals surface area contributed by atoms with Crippen LogP contribution in [0.1, 0.15) is 13.8 Å². The van der Waals surface area contributed by atoms with Crippen LogP contribution < -0.4 is 15.8 Å². The molecule has 0 aliphatic carbocycles. The molecule has 0 unspecified atom stereocenters. The van der Waals surface area contributed by atoms with E-state index in [9.17, 15) is 8.42 Å². The van der Waals surface area contributed by atoms with Gasteiger partial charge < -0.3 is 11.1 Å². The highest BCUT2D eigenvalue weighted by molar-refractivity contribution is 7.88. The molecule has 8 heteroatoms. The number of nitrogen functional groups attached to an aromatic ring is 1. The van der Waals surface area contributed by atoms with Gasteiger partial charge in [-0.05, 0) is 26.0 Å². The van der Waals surface area contributed by atoms with E-state index < -0.39 is 15.6 Å². The van der Waals surface area contributed by atoms with Gasteiger partial charge in [0, 0.05) is 12.1 Å². The molecule has 0 saturated carbocycles. The van der Waals surface area contributed by atoms with Gasteiger partial charge in [-0.25, -0.2) is 23.1 Å². The highest BCUT2D eigenvalue weighted by Crippen LogP contribution is 2.19. The lowest BCUT2D eigenvalue weighted by atomic mass is 10.1. The number of hydrogen-bond acceptors (Lipinski definition) is 6. The van der Waals surface area contributed by atoms with Crippen LogP contribution in [0.15, 0.2) is 24.3 Å². The Morgan fingerprint density at radius 1 is 1.19 bits per heavy atom. The molecule has 0 radical (unpaired) electrons. The third-order valence-corrected chi connectivity index (χ3v) is 3.68. The number of nitrogens with two attached hydrogens (primary N) is 1. The molecular weight excluding hydrogens is 290 g/mol. The average molecular weight is 309 g/mol. The zero-order valence-electron chi connectivity index (χ0n) is 12.2. The molecule has 7 nitrogen and oxygen atoms in total. The summed E-state index contributed by atoms with van der Waals surface area (Å²) in [4.78, 5) is 8.66. The Morgan fingerprint density at radius 3 is 2.33 bits per heavy atom.